The number of benzene rings is 2. The first-order valence-corrected chi connectivity index (χ1v) is 9.53. The van der Waals surface area contributed by atoms with E-state index in [0.29, 0.717) is 26.3 Å². The molecule has 0 bridgehead atoms. The monoisotopic (exact) mass is 449 g/mol. The predicted octanol–water partition coefficient (Wildman–Crippen LogP) is 6.86. The Morgan fingerprint density at radius 1 is 1.24 bits per heavy atom. The lowest BCUT2D eigenvalue weighted by Crippen LogP contribution is -1.91. The molecule has 7 heteroatoms. The zero-order chi connectivity index (χ0) is 17.8. The maximum Gasteiger partial charge on any atom is 0.136 e. The van der Waals surface area contributed by atoms with Crippen molar-refractivity contribution < 1.29 is 0 Å². The summed E-state index contributed by atoms with van der Waals surface area (Å²) in [5.74, 6) is 0. The normalized spacial score (nSPS) is 11.2. The van der Waals surface area contributed by atoms with Gasteiger partial charge in [0.2, 0.25) is 0 Å². The van der Waals surface area contributed by atoms with Crippen molar-refractivity contribution in [1.29, 1.82) is 5.26 Å². The minimum atomic E-state index is 0.446. The third-order valence-corrected chi connectivity index (χ3v) is 5.19. The van der Waals surface area contributed by atoms with Crippen LogP contribution in [0.25, 0.3) is 16.8 Å². The van der Waals surface area contributed by atoms with Crippen LogP contribution in [0.1, 0.15) is 5.01 Å². The second-order valence-corrected chi connectivity index (χ2v) is 7.60. The molecule has 0 amide bonds. The number of nitriles is 1. The summed E-state index contributed by atoms with van der Waals surface area (Å²) in [6.07, 6.45) is 1.65. The number of aromatic nitrogens is 1. The number of hydrogen-bond acceptors (Lipinski definition) is 4. The zero-order valence-electron chi connectivity index (χ0n) is 12.6. The van der Waals surface area contributed by atoms with Gasteiger partial charge in [-0.2, -0.15) is 5.26 Å². The molecule has 0 saturated heterocycles. The Kier molecular flexibility index (Phi) is 5.77. The minimum absolute atomic E-state index is 0.446. The van der Waals surface area contributed by atoms with Crippen LogP contribution in [-0.2, 0) is 0 Å². The fourth-order valence-corrected chi connectivity index (χ4v) is 3.78. The fraction of sp³-hybridized carbons (Fsp3) is 0. The van der Waals surface area contributed by atoms with Crippen LogP contribution in [0, 0.1) is 11.3 Å². The van der Waals surface area contributed by atoms with E-state index in [4.69, 9.17) is 23.2 Å². The highest BCUT2D eigenvalue weighted by Crippen LogP contribution is 2.32. The van der Waals surface area contributed by atoms with E-state index in [9.17, 15) is 5.26 Å². The summed E-state index contributed by atoms with van der Waals surface area (Å²) in [6, 6.07) is 15.1. The second-order valence-electron chi connectivity index (χ2n) is 4.99. The third-order valence-electron chi connectivity index (χ3n) is 3.27. The van der Waals surface area contributed by atoms with E-state index in [1.165, 1.54) is 11.3 Å². The van der Waals surface area contributed by atoms with Gasteiger partial charge in [0, 0.05) is 32.3 Å². The molecule has 0 atom stereocenters. The summed E-state index contributed by atoms with van der Waals surface area (Å²) in [5.41, 5.74) is 2.82. The molecule has 0 aliphatic carbocycles. The first-order chi connectivity index (χ1) is 12.1. The third kappa shape index (κ3) is 4.42. The number of nitrogens with one attached hydrogen (secondary N) is 1. The van der Waals surface area contributed by atoms with E-state index in [0.717, 1.165) is 15.7 Å². The number of hydrogen-bond donors (Lipinski definition) is 1. The highest BCUT2D eigenvalue weighted by atomic mass is 79.9. The molecule has 0 unspecified atom stereocenters. The maximum atomic E-state index is 9.44. The van der Waals surface area contributed by atoms with Crippen molar-refractivity contribution >= 4 is 61.7 Å². The molecule has 0 aliphatic heterocycles. The van der Waals surface area contributed by atoms with Crippen LogP contribution < -0.4 is 5.32 Å². The largest absolute Gasteiger partial charge is 0.360 e. The Balaban J connectivity index is 1.86. The molecular weight excluding hydrogens is 441 g/mol. The Morgan fingerprint density at radius 2 is 2.08 bits per heavy atom. The van der Waals surface area contributed by atoms with Gasteiger partial charge in [0.25, 0.3) is 0 Å². The van der Waals surface area contributed by atoms with Crippen LogP contribution in [0.5, 0.6) is 0 Å². The molecule has 3 rings (SSSR count). The van der Waals surface area contributed by atoms with Gasteiger partial charge < -0.3 is 5.32 Å². The number of thiazole rings is 1. The SMILES string of the molecule is N#C/C(=C/Nc1cccc(Br)c1)c1nc(-c2ccc(Cl)cc2Cl)cs1. The summed E-state index contributed by atoms with van der Waals surface area (Å²) in [4.78, 5) is 4.52. The van der Waals surface area contributed by atoms with Crippen LogP contribution in [0.2, 0.25) is 10.0 Å². The van der Waals surface area contributed by atoms with Crippen molar-refractivity contribution in [3.63, 3.8) is 0 Å². The van der Waals surface area contributed by atoms with E-state index in [1.54, 1.807) is 18.3 Å². The first kappa shape index (κ1) is 18.0. The molecule has 0 aliphatic rings. The summed E-state index contributed by atoms with van der Waals surface area (Å²) in [6.45, 7) is 0. The van der Waals surface area contributed by atoms with Crippen molar-refractivity contribution in [3.05, 3.63) is 73.6 Å². The summed E-state index contributed by atoms with van der Waals surface area (Å²) < 4.78 is 0.957. The molecule has 1 aromatic heterocycles. The highest BCUT2D eigenvalue weighted by molar-refractivity contribution is 9.10. The van der Waals surface area contributed by atoms with Crippen molar-refractivity contribution in [2.24, 2.45) is 0 Å². The van der Waals surface area contributed by atoms with Crippen LogP contribution in [0.15, 0.2) is 58.5 Å². The zero-order valence-corrected chi connectivity index (χ0v) is 16.5. The first-order valence-electron chi connectivity index (χ1n) is 7.10. The van der Waals surface area contributed by atoms with E-state index in [1.807, 2.05) is 35.7 Å². The van der Waals surface area contributed by atoms with Gasteiger partial charge in [0.05, 0.1) is 10.7 Å². The van der Waals surface area contributed by atoms with Crippen LogP contribution >= 0.6 is 50.5 Å². The smallest absolute Gasteiger partial charge is 0.136 e. The molecule has 0 spiro atoms. The van der Waals surface area contributed by atoms with E-state index < -0.39 is 0 Å². The van der Waals surface area contributed by atoms with E-state index in [-0.39, 0.29) is 0 Å². The number of allylic oxidation sites excluding steroid dienone is 1. The van der Waals surface area contributed by atoms with Crippen molar-refractivity contribution in [1.82, 2.24) is 4.98 Å². The van der Waals surface area contributed by atoms with Crippen molar-refractivity contribution in [2.45, 2.75) is 0 Å². The van der Waals surface area contributed by atoms with Gasteiger partial charge in [-0.05, 0) is 36.4 Å². The molecular formula is C18H10BrCl2N3S. The average molecular weight is 451 g/mol. The molecule has 0 fully saturated rings. The van der Waals surface area contributed by atoms with Crippen molar-refractivity contribution in [2.75, 3.05) is 5.32 Å². The van der Waals surface area contributed by atoms with E-state index >= 15 is 0 Å². The number of halogens is 3. The molecule has 124 valence electrons. The number of nitrogens with zero attached hydrogens (tertiary/aromatic N) is 2. The lowest BCUT2D eigenvalue weighted by atomic mass is 10.2. The molecule has 1 N–H and O–H groups in total. The van der Waals surface area contributed by atoms with Gasteiger partial charge in [0.15, 0.2) is 0 Å². The average Bonchev–Trinajstić information content (AvgIpc) is 3.05. The molecule has 2 aromatic carbocycles. The Hall–Kier alpha value is -1.84. The van der Waals surface area contributed by atoms with Crippen LogP contribution in [0.3, 0.4) is 0 Å². The standard InChI is InChI=1S/C18H10BrCl2N3S/c19-12-2-1-3-14(6-12)23-9-11(8-22)18-24-17(10-25-18)15-5-4-13(20)7-16(15)21/h1-7,9-10,23H/b11-9-. The van der Waals surface area contributed by atoms with Gasteiger partial charge in [0.1, 0.15) is 16.6 Å². The molecule has 25 heavy (non-hydrogen) atoms. The Labute approximate surface area is 167 Å². The van der Waals surface area contributed by atoms with Gasteiger partial charge in [-0.25, -0.2) is 4.98 Å². The molecule has 3 nitrogen and oxygen atoms in total. The minimum Gasteiger partial charge on any atom is -0.360 e. The topological polar surface area (TPSA) is 48.7 Å². The second kappa shape index (κ2) is 8.03. The lowest BCUT2D eigenvalue weighted by molar-refractivity contribution is 1.36. The van der Waals surface area contributed by atoms with Crippen LogP contribution in [-0.4, -0.2) is 4.98 Å². The van der Waals surface area contributed by atoms with E-state index in [2.05, 4.69) is 32.3 Å². The molecule has 1 heterocycles. The molecule has 3 aromatic rings. The molecule has 0 saturated carbocycles. The number of anilines is 1. The summed E-state index contributed by atoms with van der Waals surface area (Å²) >= 11 is 17.0. The summed E-state index contributed by atoms with van der Waals surface area (Å²) in [5, 5.41) is 16.1. The van der Waals surface area contributed by atoms with Gasteiger partial charge in [-0.1, -0.05) is 45.2 Å². The quantitative estimate of drug-likeness (QED) is 0.441. The summed E-state index contributed by atoms with van der Waals surface area (Å²) in [7, 11) is 0. The maximum absolute atomic E-state index is 9.44. The highest BCUT2D eigenvalue weighted by Gasteiger charge is 2.11. The van der Waals surface area contributed by atoms with Crippen LogP contribution in [0.4, 0.5) is 5.69 Å². The fourth-order valence-electron chi connectivity index (χ4n) is 2.09. The van der Waals surface area contributed by atoms with Crippen molar-refractivity contribution in [3.8, 4) is 17.3 Å². The van der Waals surface area contributed by atoms with Gasteiger partial charge >= 0.3 is 0 Å². The molecule has 0 radical (unpaired) electrons. The van der Waals surface area contributed by atoms with Gasteiger partial charge in [-0.15, -0.1) is 11.3 Å². The Morgan fingerprint density at radius 3 is 2.80 bits per heavy atom. The number of rotatable bonds is 4. The van der Waals surface area contributed by atoms with Gasteiger partial charge in [-0.3, -0.25) is 0 Å². The Bertz CT molecular complexity index is 992. The predicted molar refractivity (Wildman–Crippen MR) is 109 cm³/mol. The lowest BCUT2D eigenvalue weighted by Gasteiger charge is -2.02.